The number of rotatable bonds is 3. The monoisotopic (exact) mass is 324 g/mol. The average Bonchev–Trinajstić information content (AvgIpc) is 2.58. The van der Waals surface area contributed by atoms with Crippen LogP contribution in [-0.4, -0.2) is 49.0 Å². The van der Waals surface area contributed by atoms with Gasteiger partial charge in [0.15, 0.2) is 0 Å². The van der Waals surface area contributed by atoms with Crippen LogP contribution < -0.4 is 10.2 Å². The molecule has 0 aliphatic carbocycles. The zero-order chi connectivity index (χ0) is 17.1. The van der Waals surface area contributed by atoms with Crippen LogP contribution in [0.15, 0.2) is 36.5 Å². The van der Waals surface area contributed by atoms with E-state index in [-0.39, 0.29) is 5.91 Å². The van der Waals surface area contributed by atoms with Crippen molar-refractivity contribution in [2.24, 2.45) is 0 Å². The molecule has 2 aromatic rings. The second-order valence-electron chi connectivity index (χ2n) is 6.47. The molecule has 1 aliphatic rings. The fourth-order valence-electron chi connectivity index (χ4n) is 2.86. The Morgan fingerprint density at radius 3 is 2.50 bits per heavy atom. The molecule has 0 radical (unpaired) electrons. The van der Waals surface area contributed by atoms with E-state index in [0.717, 1.165) is 48.8 Å². The predicted octanol–water partition coefficient (Wildman–Crippen LogP) is 2.70. The number of nitrogens with one attached hydrogen (secondary N) is 1. The molecule has 1 aromatic heterocycles. The molecule has 3 rings (SSSR count). The summed E-state index contributed by atoms with van der Waals surface area (Å²) >= 11 is 0. The third-order valence-electron chi connectivity index (χ3n) is 4.47. The molecule has 0 spiro atoms. The molecule has 24 heavy (non-hydrogen) atoms. The Bertz CT molecular complexity index is 719. The number of carbonyl (C=O) groups excluding carboxylic acids is 1. The summed E-state index contributed by atoms with van der Waals surface area (Å²) in [5.41, 5.74) is 3.48. The van der Waals surface area contributed by atoms with Gasteiger partial charge in [-0.3, -0.25) is 4.79 Å². The Morgan fingerprint density at radius 2 is 1.83 bits per heavy atom. The highest BCUT2D eigenvalue weighted by Gasteiger charge is 2.15. The highest BCUT2D eigenvalue weighted by atomic mass is 16.1. The smallest absolute Gasteiger partial charge is 0.255 e. The lowest BCUT2D eigenvalue weighted by molar-refractivity contribution is 0.102. The van der Waals surface area contributed by atoms with Crippen LogP contribution in [0.1, 0.15) is 21.5 Å². The maximum Gasteiger partial charge on any atom is 0.255 e. The van der Waals surface area contributed by atoms with Gasteiger partial charge in [-0.25, -0.2) is 4.98 Å². The van der Waals surface area contributed by atoms with Crippen LogP contribution >= 0.6 is 0 Å². The summed E-state index contributed by atoms with van der Waals surface area (Å²) in [4.78, 5) is 21.6. The van der Waals surface area contributed by atoms with Crippen molar-refractivity contribution in [3.05, 3.63) is 53.2 Å². The van der Waals surface area contributed by atoms with E-state index in [1.165, 1.54) is 0 Å². The van der Waals surface area contributed by atoms with Gasteiger partial charge in [0.1, 0.15) is 5.82 Å². The van der Waals surface area contributed by atoms with Crippen molar-refractivity contribution in [1.82, 2.24) is 9.88 Å². The van der Waals surface area contributed by atoms with Crippen LogP contribution in [0.25, 0.3) is 0 Å². The van der Waals surface area contributed by atoms with E-state index in [1.54, 1.807) is 6.20 Å². The minimum atomic E-state index is -0.0923. The standard InChI is InChI=1S/C19H24N4O/c1-14-4-5-15(2)17(12-14)19(24)21-16-6-7-18(20-13-16)23-10-8-22(3)9-11-23/h4-7,12-13H,8-11H2,1-3H3,(H,21,24). The molecule has 5 nitrogen and oxygen atoms in total. The summed E-state index contributed by atoms with van der Waals surface area (Å²) in [6.07, 6.45) is 1.73. The van der Waals surface area contributed by atoms with Gasteiger partial charge in [0.2, 0.25) is 0 Å². The van der Waals surface area contributed by atoms with Crippen LogP contribution in [0.2, 0.25) is 0 Å². The largest absolute Gasteiger partial charge is 0.354 e. The molecule has 5 heteroatoms. The molecule has 1 aromatic carbocycles. The van der Waals surface area contributed by atoms with Crippen molar-refractivity contribution in [2.75, 3.05) is 43.4 Å². The first-order valence-electron chi connectivity index (χ1n) is 8.31. The molecule has 1 N–H and O–H groups in total. The van der Waals surface area contributed by atoms with E-state index in [9.17, 15) is 4.79 Å². The molecular formula is C19H24N4O. The number of anilines is 2. The molecule has 0 atom stereocenters. The van der Waals surface area contributed by atoms with Crippen molar-refractivity contribution >= 4 is 17.4 Å². The quantitative estimate of drug-likeness (QED) is 0.943. The Hall–Kier alpha value is -2.40. The predicted molar refractivity (Wildman–Crippen MR) is 97.8 cm³/mol. The van der Waals surface area contributed by atoms with Crippen LogP contribution in [0.3, 0.4) is 0 Å². The van der Waals surface area contributed by atoms with Gasteiger partial charge in [-0.2, -0.15) is 0 Å². The normalized spacial score (nSPS) is 15.4. The summed E-state index contributed by atoms with van der Waals surface area (Å²) in [7, 11) is 2.14. The number of aryl methyl sites for hydroxylation is 2. The van der Waals surface area contributed by atoms with E-state index in [0.29, 0.717) is 5.56 Å². The van der Waals surface area contributed by atoms with Crippen LogP contribution in [0, 0.1) is 13.8 Å². The number of pyridine rings is 1. The Kier molecular flexibility index (Phi) is 4.81. The van der Waals surface area contributed by atoms with Gasteiger partial charge in [0.05, 0.1) is 11.9 Å². The second-order valence-corrected chi connectivity index (χ2v) is 6.47. The van der Waals surface area contributed by atoms with Crippen LogP contribution in [0.4, 0.5) is 11.5 Å². The Balaban J connectivity index is 1.68. The number of hydrogen-bond acceptors (Lipinski definition) is 4. The average molecular weight is 324 g/mol. The van der Waals surface area contributed by atoms with Crippen molar-refractivity contribution in [1.29, 1.82) is 0 Å². The molecular weight excluding hydrogens is 300 g/mol. The summed E-state index contributed by atoms with van der Waals surface area (Å²) in [6, 6.07) is 9.79. The van der Waals surface area contributed by atoms with E-state index in [2.05, 4.69) is 27.1 Å². The van der Waals surface area contributed by atoms with Crippen molar-refractivity contribution < 1.29 is 4.79 Å². The maximum absolute atomic E-state index is 12.5. The van der Waals surface area contributed by atoms with E-state index < -0.39 is 0 Å². The Morgan fingerprint density at radius 1 is 1.08 bits per heavy atom. The number of likely N-dealkylation sites (N-methyl/N-ethyl adjacent to an activating group) is 1. The van der Waals surface area contributed by atoms with E-state index >= 15 is 0 Å². The lowest BCUT2D eigenvalue weighted by atomic mass is 10.1. The molecule has 1 saturated heterocycles. The zero-order valence-electron chi connectivity index (χ0n) is 14.5. The fourth-order valence-corrected chi connectivity index (χ4v) is 2.86. The first kappa shape index (κ1) is 16.5. The minimum absolute atomic E-state index is 0.0923. The summed E-state index contributed by atoms with van der Waals surface area (Å²) in [6.45, 7) is 8.00. The van der Waals surface area contributed by atoms with Crippen LogP contribution in [-0.2, 0) is 0 Å². The third kappa shape index (κ3) is 3.74. The lowest BCUT2D eigenvalue weighted by Crippen LogP contribution is -2.44. The molecule has 0 unspecified atom stereocenters. The van der Waals surface area contributed by atoms with Crippen LogP contribution in [0.5, 0.6) is 0 Å². The van der Waals surface area contributed by atoms with E-state index in [1.807, 2.05) is 44.2 Å². The number of aromatic nitrogens is 1. The third-order valence-corrected chi connectivity index (χ3v) is 4.47. The molecule has 1 amide bonds. The lowest BCUT2D eigenvalue weighted by Gasteiger charge is -2.33. The highest BCUT2D eigenvalue weighted by molar-refractivity contribution is 6.05. The highest BCUT2D eigenvalue weighted by Crippen LogP contribution is 2.17. The number of hydrogen-bond donors (Lipinski definition) is 1. The number of nitrogens with zero attached hydrogens (tertiary/aromatic N) is 3. The molecule has 0 saturated carbocycles. The summed E-state index contributed by atoms with van der Waals surface area (Å²) < 4.78 is 0. The van der Waals surface area contributed by atoms with Crippen molar-refractivity contribution in [2.45, 2.75) is 13.8 Å². The first-order chi connectivity index (χ1) is 11.5. The van der Waals surface area contributed by atoms with Gasteiger partial charge in [-0.05, 0) is 44.7 Å². The van der Waals surface area contributed by atoms with Gasteiger partial charge in [0, 0.05) is 31.7 Å². The summed E-state index contributed by atoms with van der Waals surface area (Å²) in [5.74, 6) is 0.873. The zero-order valence-corrected chi connectivity index (χ0v) is 14.5. The van der Waals surface area contributed by atoms with Gasteiger partial charge < -0.3 is 15.1 Å². The SMILES string of the molecule is Cc1ccc(C)c(C(=O)Nc2ccc(N3CCN(C)CC3)nc2)c1. The second kappa shape index (κ2) is 7.01. The Labute approximate surface area is 143 Å². The molecule has 1 fully saturated rings. The number of amides is 1. The number of benzene rings is 1. The molecule has 0 bridgehead atoms. The van der Waals surface area contributed by atoms with Crippen molar-refractivity contribution in [3.63, 3.8) is 0 Å². The van der Waals surface area contributed by atoms with Gasteiger partial charge >= 0.3 is 0 Å². The molecule has 1 aliphatic heterocycles. The first-order valence-corrected chi connectivity index (χ1v) is 8.31. The van der Waals surface area contributed by atoms with Gasteiger partial charge in [-0.1, -0.05) is 17.7 Å². The number of carbonyl (C=O) groups is 1. The van der Waals surface area contributed by atoms with Gasteiger partial charge in [-0.15, -0.1) is 0 Å². The fraction of sp³-hybridized carbons (Fsp3) is 0.368. The summed E-state index contributed by atoms with van der Waals surface area (Å²) in [5, 5.41) is 2.94. The maximum atomic E-state index is 12.5. The van der Waals surface area contributed by atoms with Gasteiger partial charge in [0.25, 0.3) is 5.91 Å². The minimum Gasteiger partial charge on any atom is -0.354 e. The van der Waals surface area contributed by atoms with E-state index in [4.69, 9.17) is 0 Å². The topological polar surface area (TPSA) is 48.5 Å². The molecule has 126 valence electrons. The molecule has 2 heterocycles. The number of piperazine rings is 1. The van der Waals surface area contributed by atoms with Crippen molar-refractivity contribution in [3.8, 4) is 0 Å².